The van der Waals surface area contributed by atoms with Crippen molar-refractivity contribution in [1.82, 2.24) is 4.90 Å². The number of amides is 2. The first-order chi connectivity index (χ1) is 8.51. The predicted molar refractivity (Wildman–Crippen MR) is 67.7 cm³/mol. The minimum Gasteiger partial charge on any atom is -0.396 e. The summed E-state index contributed by atoms with van der Waals surface area (Å²) in [6.07, 6.45) is 5.13. The minimum absolute atomic E-state index is 0.0577. The molecule has 18 heavy (non-hydrogen) atoms. The average Bonchev–Trinajstić information content (AvgIpc) is 2.58. The summed E-state index contributed by atoms with van der Waals surface area (Å²) in [7, 11) is 0. The van der Waals surface area contributed by atoms with Crippen molar-refractivity contribution in [3.63, 3.8) is 0 Å². The van der Waals surface area contributed by atoms with Crippen molar-refractivity contribution in [3.05, 3.63) is 11.1 Å². The van der Waals surface area contributed by atoms with Crippen LogP contribution in [0.1, 0.15) is 46.0 Å². The number of nitrogens with zero attached hydrogens (tertiary/aromatic N) is 1. The van der Waals surface area contributed by atoms with Gasteiger partial charge in [-0.25, -0.2) is 0 Å². The fraction of sp³-hybridized carbons (Fsp3) is 0.714. The van der Waals surface area contributed by atoms with Crippen LogP contribution in [0, 0.1) is 5.41 Å². The van der Waals surface area contributed by atoms with Gasteiger partial charge in [0.2, 0.25) is 0 Å². The number of carbonyl (C=O) groups is 2. The molecule has 1 aliphatic carbocycles. The zero-order valence-electron chi connectivity index (χ0n) is 11.2. The van der Waals surface area contributed by atoms with E-state index in [-0.39, 0.29) is 23.8 Å². The van der Waals surface area contributed by atoms with Crippen LogP contribution in [0.4, 0.5) is 0 Å². The quantitative estimate of drug-likeness (QED) is 0.776. The van der Waals surface area contributed by atoms with E-state index in [2.05, 4.69) is 0 Å². The van der Waals surface area contributed by atoms with Gasteiger partial charge in [-0.1, -0.05) is 19.3 Å². The summed E-state index contributed by atoms with van der Waals surface area (Å²) in [6, 6.07) is 0. The summed E-state index contributed by atoms with van der Waals surface area (Å²) in [4.78, 5) is 25.4. The van der Waals surface area contributed by atoms with E-state index in [0.29, 0.717) is 17.7 Å². The number of rotatable bonds is 3. The highest BCUT2D eigenvalue weighted by atomic mass is 16.3. The average molecular weight is 251 g/mol. The van der Waals surface area contributed by atoms with E-state index >= 15 is 0 Å². The summed E-state index contributed by atoms with van der Waals surface area (Å²) in [5, 5.41) is 9.64. The summed E-state index contributed by atoms with van der Waals surface area (Å²) >= 11 is 0. The molecule has 2 aliphatic rings. The molecular weight excluding hydrogens is 230 g/mol. The van der Waals surface area contributed by atoms with E-state index in [1.165, 1.54) is 11.3 Å². The molecule has 0 unspecified atom stereocenters. The van der Waals surface area contributed by atoms with E-state index in [1.54, 1.807) is 13.8 Å². The number of hydrogen-bond acceptors (Lipinski definition) is 3. The van der Waals surface area contributed by atoms with Crippen LogP contribution in [0.2, 0.25) is 0 Å². The number of aliphatic hydroxyl groups excluding tert-OH is 1. The lowest BCUT2D eigenvalue weighted by Crippen LogP contribution is -2.44. The molecule has 0 radical (unpaired) electrons. The van der Waals surface area contributed by atoms with Crippen molar-refractivity contribution in [3.8, 4) is 0 Å². The second-order valence-electron chi connectivity index (χ2n) is 5.67. The monoisotopic (exact) mass is 251 g/mol. The van der Waals surface area contributed by atoms with E-state index in [1.807, 2.05) is 0 Å². The Kier molecular flexibility index (Phi) is 3.57. The van der Waals surface area contributed by atoms with Crippen molar-refractivity contribution in [1.29, 1.82) is 0 Å². The van der Waals surface area contributed by atoms with Crippen molar-refractivity contribution < 1.29 is 14.7 Å². The molecule has 4 nitrogen and oxygen atoms in total. The first-order valence-corrected chi connectivity index (χ1v) is 6.65. The second kappa shape index (κ2) is 4.84. The number of aliphatic hydroxyl groups is 1. The lowest BCUT2D eigenvalue weighted by molar-refractivity contribution is -0.140. The summed E-state index contributed by atoms with van der Waals surface area (Å²) in [5.41, 5.74) is 0.821. The first-order valence-electron chi connectivity index (χ1n) is 6.65. The molecule has 0 saturated heterocycles. The first kappa shape index (κ1) is 13.3. The molecule has 0 aromatic rings. The third kappa shape index (κ3) is 2.09. The minimum atomic E-state index is -0.269. The van der Waals surface area contributed by atoms with E-state index in [4.69, 9.17) is 0 Å². The van der Waals surface area contributed by atoms with E-state index < -0.39 is 0 Å². The molecule has 0 aromatic heterocycles. The van der Waals surface area contributed by atoms with Gasteiger partial charge in [-0.3, -0.25) is 14.5 Å². The summed E-state index contributed by atoms with van der Waals surface area (Å²) in [5.74, 6) is -0.369. The van der Waals surface area contributed by atoms with Gasteiger partial charge >= 0.3 is 0 Å². The molecule has 0 spiro atoms. The Morgan fingerprint density at radius 2 is 1.56 bits per heavy atom. The van der Waals surface area contributed by atoms with Gasteiger partial charge in [0.05, 0.1) is 6.61 Å². The highest BCUT2D eigenvalue weighted by Gasteiger charge is 2.40. The van der Waals surface area contributed by atoms with Crippen LogP contribution in [-0.4, -0.2) is 35.0 Å². The molecule has 0 bridgehead atoms. The standard InChI is InChI=1S/C14H21NO3/c1-10-11(2)13(18)15(12(10)17)8-14(9-16)6-4-3-5-7-14/h16H,3-9H2,1-2H3. The van der Waals surface area contributed by atoms with Crippen molar-refractivity contribution >= 4 is 11.8 Å². The SMILES string of the molecule is CC1=C(C)C(=O)N(CC2(CO)CCCCC2)C1=O. The Hall–Kier alpha value is -1.16. The lowest BCUT2D eigenvalue weighted by Gasteiger charge is -2.38. The molecule has 2 rings (SSSR count). The number of hydrogen-bond donors (Lipinski definition) is 1. The Balaban J connectivity index is 2.14. The fourth-order valence-electron chi connectivity index (χ4n) is 2.96. The summed E-state index contributed by atoms with van der Waals surface area (Å²) < 4.78 is 0. The fourth-order valence-corrected chi connectivity index (χ4v) is 2.96. The molecule has 1 heterocycles. The van der Waals surface area contributed by atoms with Gasteiger partial charge in [0.25, 0.3) is 11.8 Å². The molecule has 100 valence electrons. The smallest absolute Gasteiger partial charge is 0.256 e. The molecular formula is C14H21NO3. The topological polar surface area (TPSA) is 57.6 Å². The van der Waals surface area contributed by atoms with Gasteiger partial charge < -0.3 is 5.11 Å². The zero-order chi connectivity index (χ0) is 13.3. The maximum atomic E-state index is 12.0. The van der Waals surface area contributed by atoms with Gasteiger partial charge in [0.15, 0.2) is 0 Å². The summed E-state index contributed by atoms with van der Waals surface area (Å²) in [6.45, 7) is 3.82. The molecule has 2 amide bonds. The van der Waals surface area contributed by atoms with E-state index in [0.717, 1.165) is 25.7 Å². The molecule has 4 heteroatoms. The van der Waals surface area contributed by atoms with Gasteiger partial charge in [0.1, 0.15) is 0 Å². The maximum Gasteiger partial charge on any atom is 0.256 e. The van der Waals surface area contributed by atoms with Gasteiger partial charge in [-0.2, -0.15) is 0 Å². The second-order valence-corrected chi connectivity index (χ2v) is 5.67. The molecule has 1 aliphatic heterocycles. The molecule has 1 fully saturated rings. The Morgan fingerprint density at radius 1 is 1.06 bits per heavy atom. The molecule has 0 atom stereocenters. The maximum absolute atomic E-state index is 12.0. The van der Waals surface area contributed by atoms with E-state index in [9.17, 15) is 14.7 Å². The van der Waals surface area contributed by atoms with Crippen LogP contribution in [0.5, 0.6) is 0 Å². The van der Waals surface area contributed by atoms with Crippen LogP contribution in [-0.2, 0) is 9.59 Å². The van der Waals surface area contributed by atoms with Crippen molar-refractivity contribution in [2.75, 3.05) is 13.2 Å². The van der Waals surface area contributed by atoms with Crippen LogP contribution in [0.3, 0.4) is 0 Å². The van der Waals surface area contributed by atoms with Crippen LogP contribution >= 0.6 is 0 Å². The lowest BCUT2D eigenvalue weighted by atomic mass is 9.74. The van der Waals surface area contributed by atoms with Crippen LogP contribution in [0.25, 0.3) is 0 Å². The number of imide groups is 1. The molecule has 1 N–H and O–H groups in total. The molecule has 1 saturated carbocycles. The highest BCUT2D eigenvalue weighted by Crippen LogP contribution is 2.38. The normalized spacial score (nSPS) is 24.1. The van der Waals surface area contributed by atoms with Crippen LogP contribution < -0.4 is 0 Å². The molecule has 0 aromatic carbocycles. The van der Waals surface area contributed by atoms with Crippen molar-refractivity contribution in [2.45, 2.75) is 46.0 Å². The largest absolute Gasteiger partial charge is 0.396 e. The highest BCUT2D eigenvalue weighted by molar-refractivity contribution is 6.18. The van der Waals surface area contributed by atoms with Gasteiger partial charge in [-0.05, 0) is 26.7 Å². The Labute approximate surface area is 108 Å². The Bertz CT molecular complexity index is 381. The van der Waals surface area contributed by atoms with Crippen LogP contribution in [0.15, 0.2) is 11.1 Å². The third-order valence-corrected chi connectivity index (χ3v) is 4.44. The zero-order valence-corrected chi connectivity index (χ0v) is 11.2. The number of carbonyl (C=O) groups excluding carboxylic acids is 2. The van der Waals surface area contributed by atoms with Gasteiger partial charge in [-0.15, -0.1) is 0 Å². The predicted octanol–water partition coefficient (Wildman–Crippen LogP) is 1.63. The third-order valence-electron chi connectivity index (χ3n) is 4.44. The van der Waals surface area contributed by atoms with Crippen molar-refractivity contribution in [2.24, 2.45) is 5.41 Å². The van der Waals surface area contributed by atoms with Gasteiger partial charge in [0, 0.05) is 23.1 Å². The Morgan fingerprint density at radius 3 is 2.00 bits per heavy atom.